The second-order valence-corrected chi connectivity index (χ2v) is 6.76. The number of hydrogen-bond acceptors (Lipinski definition) is 3. The van der Waals surface area contributed by atoms with Crippen LogP contribution in [0.4, 0.5) is 11.4 Å². The topological polar surface area (TPSA) is 86.7 Å². The maximum absolute atomic E-state index is 12.6. The van der Waals surface area contributed by atoms with Crippen molar-refractivity contribution in [2.24, 2.45) is 11.8 Å². The molecule has 0 saturated heterocycles. The highest BCUT2D eigenvalue weighted by Crippen LogP contribution is 2.27. The van der Waals surface area contributed by atoms with Gasteiger partial charge in [0, 0.05) is 24.0 Å². The number of allylic oxidation sites excluding steroid dienone is 2. The third kappa shape index (κ3) is 4.28. The molecule has 0 unspecified atom stereocenters. The number of nitrogens with zero attached hydrogens (tertiary/aromatic N) is 1. The highest BCUT2D eigenvalue weighted by molar-refractivity contribution is 6.06. The van der Waals surface area contributed by atoms with Gasteiger partial charge in [-0.3, -0.25) is 14.4 Å². The van der Waals surface area contributed by atoms with E-state index in [1.807, 2.05) is 36.4 Å². The first-order valence-corrected chi connectivity index (χ1v) is 9.09. The van der Waals surface area contributed by atoms with Crippen molar-refractivity contribution in [1.82, 2.24) is 0 Å². The minimum atomic E-state index is -0.964. The number of hydrogen-bond donors (Lipinski definition) is 2. The summed E-state index contributed by atoms with van der Waals surface area (Å²) < 4.78 is 0. The molecule has 28 heavy (non-hydrogen) atoms. The van der Waals surface area contributed by atoms with Crippen LogP contribution in [0.25, 0.3) is 0 Å². The monoisotopic (exact) mass is 378 g/mol. The van der Waals surface area contributed by atoms with Crippen molar-refractivity contribution in [2.45, 2.75) is 12.8 Å². The molecule has 0 aliphatic heterocycles. The van der Waals surface area contributed by atoms with Crippen LogP contribution in [0.5, 0.6) is 0 Å². The van der Waals surface area contributed by atoms with Crippen molar-refractivity contribution < 1.29 is 19.5 Å². The van der Waals surface area contributed by atoms with E-state index in [0.29, 0.717) is 24.1 Å². The van der Waals surface area contributed by atoms with Gasteiger partial charge in [-0.2, -0.15) is 0 Å². The number of rotatable bonds is 5. The van der Waals surface area contributed by atoms with Gasteiger partial charge in [0.15, 0.2) is 0 Å². The maximum Gasteiger partial charge on any atom is 0.307 e. The Labute approximate surface area is 163 Å². The minimum absolute atomic E-state index is 0.160. The molecule has 1 aliphatic carbocycles. The van der Waals surface area contributed by atoms with Crippen molar-refractivity contribution in [3.8, 4) is 0 Å². The van der Waals surface area contributed by atoms with Crippen LogP contribution < -0.4 is 10.2 Å². The molecule has 0 fully saturated rings. The number of aliphatic carboxylic acids is 1. The van der Waals surface area contributed by atoms with Crippen LogP contribution in [0, 0.1) is 11.8 Å². The largest absolute Gasteiger partial charge is 0.481 e. The second kappa shape index (κ2) is 8.52. The standard InChI is InChI=1S/C22H22N2O4/c1-24(17-7-3-2-4-8-17)21(26)15-11-13-16(14-12-15)23-20(25)18-9-5-6-10-19(18)22(27)28/h2-8,11-14,18-19H,9-10H2,1H3,(H,23,25)(H,27,28)/t18-,19-/m1/s1. The number of carboxylic acids is 1. The summed E-state index contributed by atoms with van der Waals surface area (Å²) in [6, 6.07) is 15.9. The molecule has 6 nitrogen and oxygen atoms in total. The molecule has 2 N–H and O–H groups in total. The Bertz CT molecular complexity index is 891. The summed E-state index contributed by atoms with van der Waals surface area (Å²) in [5.74, 6) is -2.77. The fourth-order valence-corrected chi connectivity index (χ4v) is 3.27. The lowest BCUT2D eigenvalue weighted by Crippen LogP contribution is -2.34. The molecule has 0 radical (unpaired) electrons. The van der Waals surface area contributed by atoms with E-state index in [2.05, 4.69) is 5.32 Å². The first-order valence-electron chi connectivity index (χ1n) is 9.09. The van der Waals surface area contributed by atoms with Crippen LogP contribution in [0.3, 0.4) is 0 Å². The SMILES string of the molecule is CN(C(=O)c1ccc(NC(=O)[C@@H]2CC=CC[C@H]2C(=O)O)cc1)c1ccccc1. The highest BCUT2D eigenvalue weighted by atomic mass is 16.4. The average Bonchev–Trinajstić information content (AvgIpc) is 2.73. The van der Waals surface area contributed by atoms with Crippen LogP contribution in [0.15, 0.2) is 66.7 Å². The molecule has 0 spiro atoms. The summed E-state index contributed by atoms with van der Waals surface area (Å²) in [5, 5.41) is 12.1. The van der Waals surface area contributed by atoms with Crippen molar-refractivity contribution in [3.05, 3.63) is 72.3 Å². The van der Waals surface area contributed by atoms with Crippen LogP contribution in [-0.2, 0) is 9.59 Å². The number of anilines is 2. The number of benzene rings is 2. The first kappa shape index (κ1) is 19.4. The van der Waals surface area contributed by atoms with Crippen LogP contribution in [0.1, 0.15) is 23.2 Å². The van der Waals surface area contributed by atoms with Gasteiger partial charge >= 0.3 is 5.97 Å². The molecule has 0 heterocycles. The molecule has 2 aromatic rings. The van der Waals surface area contributed by atoms with E-state index in [9.17, 15) is 19.5 Å². The molecular weight excluding hydrogens is 356 g/mol. The number of carboxylic acid groups (broad SMARTS) is 1. The number of carbonyl (C=O) groups is 3. The first-order chi connectivity index (χ1) is 13.5. The molecule has 0 bridgehead atoms. The van der Waals surface area contributed by atoms with E-state index in [1.165, 1.54) is 0 Å². The number of carbonyl (C=O) groups excluding carboxylic acids is 2. The molecule has 0 saturated carbocycles. The molecule has 0 aromatic heterocycles. The zero-order chi connectivity index (χ0) is 20.1. The van der Waals surface area contributed by atoms with Gasteiger partial charge in [0.2, 0.25) is 5.91 Å². The zero-order valence-electron chi connectivity index (χ0n) is 15.5. The summed E-state index contributed by atoms with van der Waals surface area (Å²) >= 11 is 0. The van der Waals surface area contributed by atoms with E-state index >= 15 is 0 Å². The van der Waals surface area contributed by atoms with Crippen molar-refractivity contribution in [2.75, 3.05) is 17.3 Å². The van der Waals surface area contributed by atoms with E-state index in [0.717, 1.165) is 5.69 Å². The highest BCUT2D eigenvalue weighted by Gasteiger charge is 2.33. The Hall–Kier alpha value is -3.41. The fraction of sp³-hybridized carbons (Fsp3) is 0.227. The Morgan fingerprint density at radius 1 is 0.929 bits per heavy atom. The number of amides is 2. The molecule has 6 heteroatoms. The van der Waals surface area contributed by atoms with E-state index in [1.54, 1.807) is 42.3 Å². The summed E-state index contributed by atoms with van der Waals surface area (Å²) in [6.07, 6.45) is 4.39. The van der Waals surface area contributed by atoms with Gasteiger partial charge in [-0.25, -0.2) is 0 Å². The minimum Gasteiger partial charge on any atom is -0.481 e. The summed E-state index contributed by atoms with van der Waals surface area (Å²) in [4.78, 5) is 38.0. The summed E-state index contributed by atoms with van der Waals surface area (Å²) in [5.41, 5.74) is 1.81. The summed E-state index contributed by atoms with van der Waals surface area (Å²) in [6.45, 7) is 0. The van der Waals surface area contributed by atoms with E-state index in [-0.39, 0.29) is 11.8 Å². The van der Waals surface area contributed by atoms with Crippen LogP contribution in [-0.4, -0.2) is 29.9 Å². The third-order valence-corrected chi connectivity index (χ3v) is 4.93. The lowest BCUT2D eigenvalue weighted by atomic mass is 9.82. The van der Waals surface area contributed by atoms with E-state index < -0.39 is 17.8 Å². The van der Waals surface area contributed by atoms with Crippen molar-refractivity contribution in [3.63, 3.8) is 0 Å². The van der Waals surface area contributed by atoms with Gasteiger partial charge in [-0.1, -0.05) is 30.4 Å². The van der Waals surface area contributed by atoms with Gasteiger partial charge in [-0.05, 0) is 49.2 Å². The van der Waals surface area contributed by atoms with Crippen molar-refractivity contribution >= 4 is 29.2 Å². The van der Waals surface area contributed by atoms with E-state index in [4.69, 9.17) is 0 Å². The zero-order valence-corrected chi connectivity index (χ0v) is 15.5. The third-order valence-electron chi connectivity index (χ3n) is 4.93. The number of nitrogens with one attached hydrogen (secondary N) is 1. The molecule has 2 atom stereocenters. The normalized spacial score (nSPS) is 18.3. The molecular formula is C22H22N2O4. The smallest absolute Gasteiger partial charge is 0.307 e. The summed E-state index contributed by atoms with van der Waals surface area (Å²) in [7, 11) is 1.70. The van der Waals surface area contributed by atoms with Gasteiger partial charge < -0.3 is 15.3 Å². The fourth-order valence-electron chi connectivity index (χ4n) is 3.27. The maximum atomic E-state index is 12.6. The molecule has 2 amide bonds. The Morgan fingerprint density at radius 2 is 1.54 bits per heavy atom. The Morgan fingerprint density at radius 3 is 2.14 bits per heavy atom. The Kier molecular flexibility index (Phi) is 5.89. The molecule has 1 aliphatic rings. The number of para-hydroxylation sites is 1. The molecule has 2 aromatic carbocycles. The predicted octanol–water partition coefficient (Wildman–Crippen LogP) is 3.57. The predicted molar refractivity (Wildman–Crippen MR) is 107 cm³/mol. The van der Waals surface area contributed by atoms with Gasteiger partial charge in [0.25, 0.3) is 5.91 Å². The second-order valence-electron chi connectivity index (χ2n) is 6.76. The molecule has 3 rings (SSSR count). The van der Waals surface area contributed by atoms with Gasteiger partial charge in [-0.15, -0.1) is 0 Å². The van der Waals surface area contributed by atoms with Gasteiger partial charge in [0.05, 0.1) is 11.8 Å². The van der Waals surface area contributed by atoms with Crippen LogP contribution in [0.2, 0.25) is 0 Å². The van der Waals surface area contributed by atoms with Gasteiger partial charge in [0.1, 0.15) is 0 Å². The van der Waals surface area contributed by atoms with Crippen molar-refractivity contribution in [1.29, 1.82) is 0 Å². The van der Waals surface area contributed by atoms with Crippen LogP contribution >= 0.6 is 0 Å². The lowest BCUT2D eigenvalue weighted by molar-refractivity contribution is -0.146. The molecule has 144 valence electrons. The average molecular weight is 378 g/mol. The lowest BCUT2D eigenvalue weighted by Gasteiger charge is -2.24. The quantitative estimate of drug-likeness (QED) is 0.779. The Balaban J connectivity index is 1.67.